The van der Waals surface area contributed by atoms with Gasteiger partial charge in [-0.05, 0) is 6.07 Å². The molecule has 9 heteroatoms. The Labute approximate surface area is 104 Å². The maximum absolute atomic E-state index is 13.2. The third-order valence-electron chi connectivity index (χ3n) is 2.05. The second-order valence-electron chi connectivity index (χ2n) is 3.14. The second kappa shape index (κ2) is 4.38. The SMILES string of the molecule is N#Cc1ncn(-c2cc(Cl)c(F)cc2[N+](=O)[O-])n1. The predicted octanol–water partition coefficient (Wildman–Crippen LogP) is 1.84. The summed E-state index contributed by atoms with van der Waals surface area (Å²) in [4.78, 5) is 13.6. The molecule has 0 amide bonds. The van der Waals surface area contributed by atoms with Crippen molar-refractivity contribution in [1.29, 1.82) is 5.26 Å². The van der Waals surface area contributed by atoms with Crippen LogP contribution < -0.4 is 0 Å². The summed E-state index contributed by atoms with van der Waals surface area (Å²) in [5.41, 5.74) is -0.591. The van der Waals surface area contributed by atoms with E-state index in [-0.39, 0.29) is 16.5 Å². The Morgan fingerprint density at radius 2 is 2.28 bits per heavy atom. The molecule has 7 nitrogen and oxygen atoms in total. The molecule has 0 aliphatic rings. The number of halogens is 2. The zero-order valence-electron chi connectivity index (χ0n) is 8.54. The Balaban J connectivity index is 2.66. The maximum Gasteiger partial charge on any atom is 0.297 e. The monoisotopic (exact) mass is 267 g/mol. The van der Waals surface area contributed by atoms with Crippen LogP contribution >= 0.6 is 11.6 Å². The largest absolute Gasteiger partial charge is 0.297 e. The molecule has 0 aliphatic heterocycles. The fraction of sp³-hybridized carbons (Fsp3) is 0. The van der Waals surface area contributed by atoms with Crippen LogP contribution in [-0.4, -0.2) is 19.7 Å². The lowest BCUT2D eigenvalue weighted by atomic mass is 10.2. The fourth-order valence-corrected chi connectivity index (χ4v) is 1.44. The molecular formula is C9H3ClFN5O2. The molecule has 2 rings (SSSR count). The van der Waals surface area contributed by atoms with Gasteiger partial charge in [0.05, 0.1) is 16.0 Å². The Morgan fingerprint density at radius 3 is 2.83 bits per heavy atom. The molecule has 2 aromatic rings. The van der Waals surface area contributed by atoms with Crippen LogP contribution in [0.2, 0.25) is 5.02 Å². The van der Waals surface area contributed by atoms with Gasteiger partial charge >= 0.3 is 0 Å². The molecule has 0 N–H and O–H groups in total. The molecule has 18 heavy (non-hydrogen) atoms. The molecule has 1 aromatic carbocycles. The molecule has 0 unspecified atom stereocenters. The lowest BCUT2D eigenvalue weighted by molar-refractivity contribution is -0.384. The van der Waals surface area contributed by atoms with Gasteiger partial charge in [-0.25, -0.2) is 14.1 Å². The van der Waals surface area contributed by atoms with Crippen molar-refractivity contribution in [1.82, 2.24) is 14.8 Å². The van der Waals surface area contributed by atoms with E-state index in [0.29, 0.717) is 6.07 Å². The number of nitro groups is 1. The number of nitro benzene ring substituents is 1. The normalized spacial score (nSPS) is 10.1. The van der Waals surface area contributed by atoms with Crippen molar-refractivity contribution in [3.05, 3.63) is 45.2 Å². The maximum atomic E-state index is 13.2. The van der Waals surface area contributed by atoms with Crippen LogP contribution in [0.3, 0.4) is 0 Å². The smallest absolute Gasteiger partial charge is 0.258 e. The summed E-state index contributed by atoms with van der Waals surface area (Å²) >= 11 is 5.56. The van der Waals surface area contributed by atoms with Crippen molar-refractivity contribution in [2.24, 2.45) is 0 Å². The van der Waals surface area contributed by atoms with Crippen LogP contribution in [0.15, 0.2) is 18.5 Å². The fourth-order valence-electron chi connectivity index (χ4n) is 1.29. The number of nitriles is 1. The highest BCUT2D eigenvalue weighted by Crippen LogP contribution is 2.28. The zero-order valence-corrected chi connectivity index (χ0v) is 9.30. The molecule has 0 bridgehead atoms. The number of nitrogens with zero attached hydrogens (tertiary/aromatic N) is 5. The summed E-state index contributed by atoms with van der Waals surface area (Å²) in [6.45, 7) is 0. The third-order valence-corrected chi connectivity index (χ3v) is 2.34. The van der Waals surface area contributed by atoms with Gasteiger partial charge in [-0.3, -0.25) is 10.1 Å². The average Bonchev–Trinajstić information content (AvgIpc) is 2.80. The Morgan fingerprint density at radius 1 is 1.56 bits per heavy atom. The van der Waals surface area contributed by atoms with Crippen LogP contribution in [-0.2, 0) is 0 Å². The number of aromatic nitrogens is 3. The number of hydrogen-bond donors (Lipinski definition) is 0. The van der Waals surface area contributed by atoms with Gasteiger partial charge in [0.25, 0.3) is 11.5 Å². The first-order chi connectivity index (χ1) is 8.52. The molecule has 0 saturated carbocycles. The minimum Gasteiger partial charge on any atom is -0.258 e. The van der Waals surface area contributed by atoms with Gasteiger partial charge in [0, 0.05) is 0 Å². The average molecular weight is 268 g/mol. The lowest BCUT2D eigenvalue weighted by Crippen LogP contribution is -2.02. The summed E-state index contributed by atoms with van der Waals surface area (Å²) < 4.78 is 14.2. The highest BCUT2D eigenvalue weighted by atomic mass is 35.5. The number of benzene rings is 1. The van der Waals surface area contributed by atoms with Crippen LogP contribution in [0.25, 0.3) is 5.69 Å². The number of rotatable bonds is 2. The summed E-state index contributed by atoms with van der Waals surface area (Å²) in [6, 6.07) is 3.40. The molecule has 0 spiro atoms. The van der Waals surface area contributed by atoms with Crippen molar-refractivity contribution in [2.45, 2.75) is 0 Å². The van der Waals surface area contributed by atoms with Crippen LogP contribution in [0, 0.1) is 27.3 Å². The highest BCUT2D eigenvalue weighted by Gasteiger charge is 2.20. The van der Waals surface area contributed by atoms with E-state index < -0.39 is 16.4 Å². The van der Waals surface area contributed by atoms with Gasteiger partial charge in [0.1, 0.15) is 23.9 Å². The summed E-state index contributed by atoms with van der Waals surface area (Å²) in [6.07, 6.45) is 1.11. The predicted molar refractivity (Wildman–Crippen MR) is 57.7 cm³/mol. The standard InChI is InChI=1S/C9H3ClFN5O2/c10-5-1-7(8(16(17)18)2-6(5)11)15-4-13-9(3-12)14-15/h1-2,4H. The van der Waals surface area contributed by atoms with Gasteiger partial charge < -0.3 is 0 Å². The minimum atomic E-state index is -0.910. The zero-order chi connectivity index (χ0) is 13.3. The Bertz CT molecular complexity index is 678. The van der Waals surface area contributed by atoms with E-state index in [1.54, 1.807) is 6.07 Å². The molecule has 90 valence electrons. The summed E-state index contributed by atoms with van der Waals surface area (Å²) in [5.74, 6) is -1.07. The van der Waals surface area contributed by atoms with Crippen LogP contribution in [0.1, 0.15) is 5.82 Å². The van der Waals surface area contributed by atoms with Gasteiger partial charge in [0.15, 0.2) is 0 Å². The van der Waals surface area contributed by atoms with Crippen molar-refractivity contribution in [3.63, 3.8) is 0 Å². The van der Waals surface area contributed by atoms with E-state index in [1.165, 1.54) is 0 Å². The molecule has 0 aliphatic carbocycles. The molecule has 0 radical (unpaired) electrons. The van der Waals surface area contributed by atoms with Crippen molar-refractivity contribution in [3.8, 4) is 11.8 Å². The van der Waals surface area contributed by atoms with E-state index in [0.717, 1.165) is 17.1 Å². The van der Waals surface area contributed by atoms with E-state index in [4.69, 9.17) is 16.9 Å². The summed E-state index contributed by atoms with van der Waals surface area (Å²) in [5, 5.41) is 22.8. The lowest BCUT2D eigenvalue weighted by Gasteiger charge is -2.03. The van der Waals surface area contributed by atoms with Gasteiger partial charge in [-0.15, -0.1) is 5.10 Å². The van der Waals surface area contributed by atoms with Crippen LogP contribution in [0.4, 0.5) is 10.1 Å². The number of hydrogen-bond acceptors (Lipinski definition) is 5. The van der Waals surface area contributed by atoms with E-state index in [9.17, 15) is 14.5 Å². The summed E-state index contributed by atoms with van der Waals surface area (Å²) in [7, 11) is 0. The first kappa shape index (κ1) is 11.9. The van der Waals surface area contributed by atoms with Gasteiger partial charge in [-0.1, -0.05) is 11.6 Å². The molecule has 1 heterocycles. The van der Waals surface area contributed by atoms with E-state index in [1.807, 2.05) is 0 Å². The van der Waals surface area contributed by atoms with Crippen molar-refractivity contribution < 1.29 is 9.31 Å². The van der Waals surface area contributed by atoms with Gasteiger partial charge in [-0.2, -0.15) is 5.26 Å². The molecule has 0 fully saturated rings. The Hall–Kier alpha value is -2.53. The highest BCUT2D eigenvalue weighted by molar-refractivity contribution is 6.31. The molecule has 0 atom stereocenters. The minimum absolute atomic E-state index is 0.0691. The van der Waals surface area contributed by atoms with Gasteiger partial charge in [0.2, 0.25) is 0 Å². The molecule has 1 aromatic heterocycles. The van der Waals surface area contributed by atoms with Crippen LogP contribution in [0.5, 0.6) is 0 Å². The van der Waals surface area contributed by atoms with E-state index >= 15 is 0 Å². The topological polar surface area (TPSA) is 97.6 Å². The van der Waals surface area contributed by atoms with Crippen molar-refractivity contribution in [2.75, 3.05) is 0 Å². The quantitative estimate of drug-likeness (QED) is 0.611. The Kier molecular flexibility index (Phi) is 2.91. The molecule has 0 saturated heterocycles. The third kappa shape index (κ3) is 1.99. The molecular weight excluding hydrogens is 265 g/mol. The van der Waals surface area contributed by atoms with Crippen molar-refractivity contribution >= 4 is 17.3 Å². The first-order valence-corrected chi connectivity index (χ1v) is 4.86. The second-order valence-corrected chi connectivity index (χ2v) is 3.54. The first-order valence-electron chi connectivity index (χ1n) is 4.48. The van der Waals surface area contributed by atoms with E-state index in [2.05, 4.69) is 10.1 Å².